The minimum atomic E-state index is 0. The van der Waals surface area contributed by atoms with Gasteiger partial charge in [0.25, 0.3) is 0 Å². The molecule has 5 rings (SSSR count). The fourth-order valence-electron chi connectivity index (χ4n) is 3.90. The number of pyridine rings is 1. The number of halogens is 1. The number of fused-ring (bicyclic) bond motifs is 2. The van der Waals surface area contributed by atoms with Crippen molar-refractivity contribution in [1.29, 1.82) is 0 Å². The molecule has 0 saturated carbocycles. The second-order valence-electron chi connectivity index (χ2n) is 7.04. The van der Waals surface area contributed by atoms with E-state index in [4.69, 9.17) is 14.5 Å². The molecule has 0 N–H and O–H groups in total. The van der Waals surface area contributed by atoms with E-state index in [9.17, 15) is 0 Å². The first-order valence-electron chi connectivity index (χ1n) is 9.59. The van der Waals surface area contributed by atoms with E-state index in [1.807, 2.05) is 12.1 Å². The molecule has 0 spiro atoms. The molecule has 28 heavy (non-hydrogen) atoms. The Bertz CT molecular complexity index is 987. The van der Waals surface area contributed by atoms with Gasteiger partial charge in [0.1, 0.15) is 5.82 Å². The fourth-order valence-corrected chi connectivity index (χ4v) is 3.90. The number of anilines is 1. The maximum Gasteiger partial charge on any atom is 0.231 e. The highest BCUT2D eigenvalue weighted by atomic mass is 35.5. The van der Waals surface area contributed by atoms with Gasteiger partial charge in [-0.25, -0.2) is 4.98 Å². The predicted octanol–water partition coefficient (Wildman–Crippen LogP) is 4.19. The Kier molecular flexibility index (Phi) is 5.29. The van der Waals surface area contributed by atoms with E-state index in [-0.39, 0.29) is 19.2 Å². The topological polar surface area (TPSA) is 37.8 Å². The largest absolute Gasteiger partial charge is 0.454 e. The zero-order chi connectivity index (χ0) is 18.2. The third-order valence-electron chi connectivity index (χ3n) is 5.51. The van der Waals surface area contributed by atoms with Crippen LogP contribution in [0.2, 0.25) is 0 Å². The molecule has 146 valence electrons. The van der Waals surface area contributed by atoms with Crippen molar-refractivity contribution >= 4 is 29.0 Å². The average Bonchev–Trinajstić information content (AvgIpc) is 3.21. The molecule has 5 nitrogen and oxygen atoms in total. The lowest BCUT2D eigenvalue weighted by Crippen LogP contribution is -2.46. The minimum absolute atomic E-state index is 0. The molecule has 1 saturated heterocycles. The molecule has 2 aliphatic heterocycles. The fraction of sp³-hybridized carbons (Fsp3) is 0.318. The number of nitrogens with zero attached hydrogens (tertiary/aromatic N) is 3. The van der Waals surface area contributed by atoms with Gasteiger partial charge in [-0.15, -0.1) is 12.4 Å². The van der Waals surface area contributed by atoms with Gasteiger partial charge >= 0.3 is 0 Å². The summed E-state index contributed by atoms with van der Waals surface area (Å²) in [5.41, 5.74) is 2.03. The van der Waals surface area contributed by atoms with Crippen molar-refractivity contribution in [3.05, 3.63) is 48.5 Å². The number of likely N-dealkylation sites (N-methyl/N-ethyl adjacent to an activating group) is 1. The Labute approximate surface area is 171 Å². The highest BCUT2D eigenvalue weighted by Gasteiger charge is 2.20. The molecular weight excluding hydrogens is 374 g/mol. The van der Waals surface area contributed by atoms with Crippen LogP contribution >= 0.6 is 12.4 Å². The molecule has 3 aromatic rings. The van der Waals surface area contributed by atoms with E-state index in [2.05, 4.69) is 53.1 Å². The molecule has 0 atom stereocenters. The van der Waals surface area contributed by atoms with Gasteiger partial charge < -0.3 is 19.3 Å². The lowest BCUT2D eigenvalue weighted by atomic mass is 10.1. The number of rotatable bonds is 3. The van der Waals surface area contributed by atoms with E-state index < -0.39 is 0 Å². The first-order valence-corrected chi connectivity index (χ1v) is 9.59. The third kappa shape index (κ3) is 3.36. The number of piperazine rings is 1. The first kappa shape index (κ1) is 18.8. The Hall–Kier alpha value is -2.50. The van der Waals surface area contributed by atoms with Gasteiger partial charge in [0.15, 0.2) is 11.5 Å². The smallest absolute Gasteiger partial charge is 0.231 e. The van der Waals surface area contributed by atoms with Crippen LogP contribution in [-0.2, 0) is 0 Å². The molecule has 3 heterocycles. The van der Waals surface area contributed by atoms with Gasteiger partial charge in [0, 0.05) is 37.1 Å². The van der Waals surface area contributed by atoms with E-state index in [0.717, 1.165) is 61.3 Å². The number of hydrogen-bond acceptors (Lipinski definition) is 5. The van der Waals surface area contributed by atoms with Gasteiger partial charge in [-0.2, -0.15) is 0 Å². The molecule has 0 bridgehead atoms. The molecule has 2 aromatic carbocycles. The van der Waals surface area contributed by atoms with Gasteiger partial charge in [-0.3, -0.25) is 0 Å². The quantitative estimate of drug-likeness (QED) is 0.662. The zero-order valence-corrected chi connectivity index (χ0v) is 16.7. The van der Waals surface area contributed by atoms with E-state index in [0.29, 0.717) is 0 Å². The zero-order valence-electron chi connectivity index (χ0n) is 15.9. The summed E-state index contributed by atoms with van der Waals surface area (Å²) in [6, 6.07) is 16.7. The molecular formula is C22H24ClN3O2. The van der Waals surface area contributed by atoms with Crippen molar-refractivity contribution in [2.24, 2.45) is 0 Å². The van der Waals surface area contributed by atoms with Crippen molar-refractivity contribution in [3.8, 4) is 22.8 Å². The summed E-state index contributed by atoms with van der Waals surface area (Å²) in [5, 5.41) is 2.43. The highest BCUT2D eigenvalue weighted by Crippen LogP contribution is 2.37. The predicted molar refractivity (Wildman–Crippen MR) is 115 cm³/mol. The van der Waals surface area contributed by atoms with E-state index >= 15 is 0 Å². The highest BCUT2D eigenvalue weighted by molar-refractivity contribution is 5.95. The van der Waals surface area contributed by atoms with Crippen LogP contribution < -0.4 is 14.4 Å². The Balaban J connectivity index is 0.00000192. The van der Waals surface area contributed by atoms with Crippen molar-refractivity contribution in [2.45, 2.75) is 6.92 Å². The van der Waals surface area contributed by atoms with Crippen LogP contribution in [0, 0.1) is 0 Å². The van der Waals surface area contributed by atoms with Crippen LogP contribution in [0.1, 0.15) is 6.92 Å². The summed E-state index contributed by atoms with van der Waals surface area (Å²) < 4.78 is 11.0. The Morgan fingerprint density at radius 1 is 0.929 bits per heavy atom. The molecule has 0 radical (unpaired) electrons. The molecule has 0 aliphatic carbocycles. The van der Waals surface area contributed by atoms with Gasteiger partial charge in [0.2, 0.25) is 6.79 Å². The number of benzene rings is 2. The summed E-state index contributed by atoms with van der Waals surface area (Å²) in [4.78, 5) is 9.99. The summed E-state index contributed by atoms with van der Waals surface area (Å²) in [5.74, 6) is 2.67. The average molecular weight is 398 g/mol. The van der Waals surface area contributed by atoms with Crippen molar-refractivity contribution in [3.63, 3.8) is 0 Å². The van der Waals surface area contributed by atoms with E-state index in [1.165, 1.54) is 10.8 Å². The second kappa shape index (κ2) is 7.86. The number of aromatic nitrogens is 1. The molecule has 2 aliphatic rings. The summed E-state index contributed by atoms with van der Waals surface area (Å²) >= 11 is 0. The monoisotopic (exact) mass is 397 g/mol. The Morgan fingerprint density at radius 3 is 2.54 bits per heavy atom. The minimum Gasteiger partial charge on any atom is -0.454 e. The molecule has 6 heteroatoms. The summed E-state index contributed by atoms with van der Waals surface area (Å²) in [6.07, 6.45) is 0. The van der Waals surface area contributed by atoms with Gasteiger partial charge in [-0.1, -0.05) is 31.2 Å². The SMILES string of the molecule is CCN1CCN(c2nc(-c3ccc4c(c3)OCO4)cc3ccccc23)CC1.Cl. The van der Waals surface area contributed by atoms with E-state index in [1.54, 1.807) is 0 Å². The van der Waals surface area contributed by atoms with Crippen molar-refractivity contribution in [2.75, 3.05) is 44.4 Å². The van der Waals surface area contributed by atoms with Gasteiger partial charge in [-0.05, 0) is 36.2 Å². The van der Waals surface area contributed by atoms with Crippen LogP contribution in [0.5, 0.6) is 11.5 Å². The van der Waals surface area contributed by atoms with Crippen LogP contribution in [0.3, 0.4) is 0 Å². The van der Waals surface area contributed by atoms with Crippen molar-refractivity contribution in [1.82, 2.24) is 9.88 Å². The lowest BCUT2D eigenvalue weighted by molar-refractivity contribution is 0.174. The first-order chi connectivity index (χ1) is 13.3. The summed E-state index contributed by atoms with van der Waals surface area (Å²) in [7, 11) is 0. The van der Waals surface area contributed by atoms with Crippen LogP contribution in [0.25, 0.3) is 22.0 Å². The number of ether oxygens (including phenoxy) is 2. The second-order valence-corrected chi connectivity index (χ2v) is 7.04. The van der Waals surface area contributed by atoms with Crippen molar-refractivity contribution < 1.29 is 9.47 Å². The number of hydrogen-bond donors (Lipinski definition) is 0. The van der Waals surface area contributed by atoms with Crippen LogP contribution in [0.15, 0.2) is 48.5 Å². The Morgan fingerprint density at radius 2 is 1.71 bits per heavy atom. The maximum absolute atomic E-state index is 5.55. The molecule has 0 unspecified atom stereocenters. The van der Waals surface area contributed by atoms with Gasteiger partial charge in [0.05, 0.1) is 5.69 Å². The van der Waals surface area contributed by atoms with Crippen LogP contribution in [0.4, 0.5) is 5.82 Å². The van der Waals surface area contributed by atoms with Crippen LogP contribution in [-0.4, -0.2) is 49.4 Å². The third-order valence-corrected chi connectivity index (χ3v) is 5.51. The molecule has 1 fully saturated rings. The normalized spacial score (nSPS) is 16.2. The summed E-state index contributed by atoms with van der Waals surface area (Å²) in [6.45, 7) is 7.81. The maximum atomic E-state index is 5.55. The molecule has 1 aromatic heterocycles. The lowest BCUT2D eigenvalue weighted by Gasteiger charge is -2.35. The standard InChI is InChI=1S/C22H23N3O2.ClH/c1-2-24-9-11-25(12-10-24)22-18-6-4-3-5-16(18)13-19(23-22)17-7-8-20-21(14-17)27-15-26-20;/h3-8,13-14H,2,9-12,15H2,1H3;1H. The molecule has 0 amide bonds.